The number of aryl methyl sites for hydroxylation is 2. The van der Waals surface area contributed by atoms with Gasteiger partial charge in [0.05, 0.1) is 16.7 Å². The minimum atomic E-state index is -3.77. The number of hydrogen-bond acceptors (Lipinski definition) is 7. The lowest BCUT2D eigenvalue weighted by atomic mass is 10.2. The van der Waals surface area contributed by atoms with Crippen LogP contribution in [0.4, 0.5) is 5.13 Å². The fourth-order valence-electron chi connectivity index (χ4n) is 3.32. The van der Waals surface area contributed by atoms with E-state index >= 15 is 0 Å². The molecule has 1 heterocycles. The first kappa shape index (κ1) is 24.2. The van der Waals surface area contributed by atoms with Crippen molar-refractivity contribution in [2.45, 2.75) is 25.2 Å². The highest BCUT2D eigenvalue weighted by Gasteiger charge is 2.27. The number of benzene rings is 2. The van der Waals surface area contributed by atoms with Crippen LogP contribution in [0.15, 0.2) is 41.3 Å². The summed E-state index contributed by atoms with van der Waals surface area (Å²) in [6.45, 7) is 5.00. The first-order valence-corrected chi connectivity index (χ1v) is 12.8. The quantitative estimate of drug-likeness (QED) is 0.470. The number of aromatic nitrogens is 1. The molecule has 0 fully saturated rings. The number of hydrogen-bond donors (Lipinski definition) is 0. The molecule has 7 nitrogen and oxygen atoms in total. The normalized spacial score (nSPS) is 11.8. The van der Waals surface area contributed by atoms with Crippen molar-refractivity contribution >= 4 is 42.4 Å². The Morgan fingerprint density at radius 1 is 1.06 bits per heavy atom. The van der Waals surface area contributed by atoms with E-state index in [1.54, 1.807) is 31.4 Å². The van der Waals surface area contributed by atoms with Gasteiger partial charge in [0, 0.05) is 6.54 Å². The first-order chi connectivity index (χ1) is 15.1. The molecule has 3 rings (SSSR count). The van der Waals surface area contributed by atoms with E-state index in [1.165, 1.54) is 16.2 Å². The summed E-state index contributed by atoms with van der Waals surface area (Å²) < 4.78 is 32.2. The molecule has 0 spiro atoms. The van der Waals surface area contributed by atoms with Gasteiger partial charge in [0.15, 0.2) is 15.0 Å². The molecule has 0 atom stereocenters. The van der Waals surface area contributed by atoms with Gasteiger partial charge in [-0.05, 0) is 64.7 Å². The Morgan fingerprint density at radius 3 is 2.38 bits per heavy atom. The zero-order valence-corrected chi connectivity index (χ0v) is 20.7. The molecule has 3 aromatic rings. The third-order valence-electron chi connectivity index (χ3n) is 5.12. The number of amides is 1. The highest BCUT2D eigenvalue weighted by molar-refractivity contribution is 7.92. The van der Waals surface area contributed by atoms with Crippen molar-refractivity contribution in [1.29, 1.82) is 0 Å². The van der Waals surface area contributed by atoms with Gasteiger partial charge in [0.2, 0.25) is 5.91 Å². The summed E-state index contributed by atoms with van der Waals surface area (Å²) in [5, 5.41) is 0.482. The third-order valence-corrected chi connectivity index (χ3v) is 7.96. The van der Waals surface area contributed by atoms with Gasteiger partial charge >= 0.3 is 0 Å². The maximum absolute atomic E-state index is 13.3. The van der Waals surface area contributed by atoms with Crippen LogP contribution < -0.4 is 9.64 Å². The summed E-state index contributed by atoms with van der Waals surface area (Å²) in [5.41, 5.74) is 2.66. The summed E-state index contributed by atoms with van der Waals surface area (Å²) in [6.07, 6.45) is 0.690. The minimum absolute atomic E-state index is 0.145. The number of ether oxygens (including phenoxy) is 1. The highest BCUT2D eigenvalue weighted by atomic mass is 32.2. The average molecular weight is 476 g/mol. The van der Waals surface area contributed by atoms with Crippen molar-refractivity contribution in [1.82, 2.24) is 9.88 Å². The summed E-state index contributed by atoms with van der Waals surface area (Å²) >= 11 is 1.38. The van der Waals surface area contributed by atoms with Crippen LogP contribution in [-0.4, -0.2) is 64.3 Å². The molecule has 9 heteroatoms. The van der Waals surface area contributed by atoms with E-state index in [0.717, 1.165) is 22.4 Å². The molecule has 0 aliphatic carbocycles. The summed E-state index contributed by atoms with van der Waals surface area (Å²) in [6, 6.07) is 10.3. The molecule has 0 radical (unpaired) electrons. The fraction of sp³-hybridized carbons (Fsp3) is 0.391. The van der Waals surface area contributed by atoms with Crippen LogP contribution in [0.25, 0.3) is 10.2 Å². The van der Waals surface area contributed by atoms with Gasteiger partial charge in [-0.1, -0.05) is 35.1 Å². The number of nitrogens with zero attached hydrogens (tertiary/aromatic N) is 3. The van der Waals surface area contributed by atoms with E-state index in [4.69, 9.17) is 4.74 Å². The van der Waals surface area contributed by atoms with Gasteiger partial charge in [0.1, 0.15) is 17.0 Å². The minimum Gasteiger partial charge on any atom is -0.494 e. The highest BCUT2D eigenvalue weighted by Crippen LogP contribution is 2.36. The fourth-order valence-corrected chi connectivity index (χ4v) is 5.61. The van der Waals surface area contributed by atoms with E-state index in [-0.39, 0.29) is 4.90 Å². The molecule has 32 heavy (non-hydrogen) atoms. The molecule has 0 saturated heterocycles. The van der Waals surface area contributed by atoms with Crippen LogP contribution in [-0.2, 0) is 14.6 Å². The zero-order chi connectivity index (χ0) is 23.5. The molecule has 1 aromatic heterocycles. The molecular weight excluding hydrogens is 446 g/mol. The summed E-state index contributed by atoms with van der Waals surface area (Å²) in [4.78, 5) is 21.6. The Bertz CT molecular complexity index is 1200. The van der Waals surface area contributed by atoms with Gasteiger partial charge < -0.3 is 9.64 Å². The molecule has 0 aliphatic heterocycles. The number of fused-ring (bicyclic) bond motifs is 1. The second kappa shape index (κ2) is 9.97. The van der Waals surface area contributed by atoms with Crippen molar-refractivity contribution in [3.63, 3.8) is 0 Å². The lowest BCUT2D eigenvalue weighted by Gasteiger charge is -2.21. The van der Waals surface area contributed by atoms with Gasteiger partial charge in [-0.3, -0.25) is 9.69 Å². The molecule has 0 saturated carbocycles. The molecule has 0 unspecified atom stereocenters. The Balaban J connectivity index is 1.95. The number of carbonyl (C=O) groups excluding carboxylic acids is 1. The van der Waals surface area contributed by atoms with Crippen LogP contribution in [0, 0.1) is 13.8 Å². The smallest absolute Gasteiger partial charge is 0.244 e. The van der Waals surface area contributed by atoms with Crippen molar-refractivity contribution in [3.05, 3.63) is 47.5 Å². The van der Waals surface area contributed by atoms with Gasteiger partial charge in [0.25, 0.3) is 0 Å². The first-order valence-electron chi connectivity index (χ1n) is 10.3. The largest absolute Gasteiger partial charge is 0.494 e. The average Bonchev–Trinajstić information content (AvgIpc) is 3.17. The number of rotatable bonds is 9. The molecular formula is C23H29N3O4S2. The second-order valence-corrected chi connectivity index (χ2v) is 11.0. The van der Waals surface area contributed by atoms with E-state index < -0.39 is 21.5 Å². The van der Waals surface area contributed by atoms with E-state index in [0.29, 0.717) is 29.4 Å². The number of carbonyl (C=O) groups is 1. The number of anilines is 1. The second-order valence-electron chi connectivity index (χ2n) is 8.03. The van der Waals surface area contributed by atoms with Crippen LogP contribution in [0.2, 0.25) is 0 Å². The molecule has 0 aliphatic rings. The van der Waals surface area contributed by atoms with E-state index in [2.05, 4.69) is 4.98 Å². The molecule has 0 bridgehead atoms. The number of methoxy groups -OCH3 is 1. The molecule has 2 aromatic carbocycles. The predicted molar refractivity (Wildman–Crippen MR) is 130 cm³/mol. The van der Waals surface area contributed by atoms with E-state index in [1.807, 2.05) is 45.0 Å². The van der Waals surface area contributed by atoms with Crippen molar-refractivity contribution in [2.24, 2.45) is 0 Å². The van der Waals surface area contributed by atoms with Crippen molar-refractivity contribution in [3.8, 4) is 5.75 Å². The summed E-state index contributed by atoms with van der Waals surface area (Å²) in [7, 11) is 1.73. The zero-order valence-electron chi connectivity index (χ0n) is 19.1. The predicted octanol–water partition coefficient (Wildman–Crippen LogP) is 3.68. The van der Waals surface area contributed by atoms with Crippen molar-refractivity contribution < 1.29 is 17.9 Å². The van der Waals surface area contributed by atoms with Crippen LogP contribution in [0.3, 0.4) is 0 Å². The van der Waals surface area contributed by atoms with Gasteiger partial charge in [-0.2, -0.15) is 0 Å². The Morgan fingerprint density at radius 2 is 1.75 bits per heavy atom. The standard InChI is InChI=1S/C23H29N3O4S2/c1-16-7-10-18(11-8-16)32(28,29)15-20(27)26(14-6-13-25(3)4)23-24-21-19(30-5)12-9-17(2)22(21)31-23/h7-12H,6,13-15H2,1-5H3. The van der Waals surface area contributed by atoms with Crippen LogP contribution >= 0.6 is 11.3 Å². The molecule has 1 amide bonds. The lowest BCUT2D eigenvalue weighted by molar-refractivity contribution is -0.116. The monoisotopic (exact) mass is 475 g/mol. The topological polar surface area (TPSA) is 79.8 Å². The maximum Gasteiger partial charge on any atom is 0.244 e. The number of thiazole rings is 1. The SMILES string of the molecule is COc1ccc(C)c2sc(N(CCCN(C)C)C(=O)CS(=O)(=O)c3ccc(C)cc3)nc12. The van der Waals surface area contributed by atoms with Crippen LogP contribution in [0.1, 0.15) is 17.5 Å². The number of sulfone groups is 1. The Hall–Kier alpha value is -2.49. The molecule has 172 valence electrons. The third kappa shape index (κ3) is 5.46. The van der Waals surface area contributed by atoms with Crippen LogP contribution in [0.5, 0.6) is 5.75 Å². The molecule has 0 N–H and O–H groups in total. The van der Waals surface area contributed by atoms with Gasteiger partial charge in [-0.25, -0.2) is 13.4 Å². The maximum atomic E-state index is 13.3. The summed E-state index contributed by atoms with van der Waals surface area (Å²) in [5.74, 6) is -0.467. The van der Waals surface area contributed by atoms with Gasteiger partial charge in [-0.15, -0.1) is 0 Å². The van der Waals surface area contributed by atoms with Crippen molar-refractivity contribution in [2.75, 3.05) is 44.9 Å². The lowest BCUT2D eigenvalue weighted by Crippen LogP contribution is -2.37. The Kier molecular flexibility index (Phi) is 7.53. The Labute approximate surface area is 193 Å². The van der Waals surface area contributed by atoms with E-state index in [9.17, 15) is 13.2 Å².